The molecule has 0 fully saturated rings. The van der Waals surface area contributed by atoms with Gasteiger partial charge in [-0.3, -0.25) is 0 Å². The van der Waals surface area contributed by atoms with Crippen LogP contribution in [0.2, 0.25) is 10.2 Å². The Morgan fingerprint density at radius 1 is 1.39 bits per heavy atom. The Bertz CT molecular complexity index is 608. The Kier molecular flexibility index (Phi) is 3.59. The average molecular weight is 285 g/mol. The monoisotopic (exact) mass is 284 g/mol. The Morgan fingerprint density at radius 3 is 2.56 bits per heavy atom. The maximum Gasteiger partial charge on any atom is 0.340 e. The summed E-state index contributed by atoms with van der Waals surface area (Å²) in [7, 11) is 0. The van der Waals surface area contributed by atoms with E-state index in [-0.39, 0.29) is 10.7 Å². The molecule has 1 aromatic heterocycles. The maximum atomic E-state index is 11.2. The van der Waals surface area contributed by atoms with Gasteiger partial charge in [-0.25, -0.2) is 9.48 Å². The smallest absolute Gasteiger partial charge is 0.340 e. The number of aromatic nitrogens is 2. The summed E-state index contributed by atoms with van der Waals surface area (Å²) in [6, 6.07) is 6.99. The highest BCUT2D eigenvalue weighted by Gasteiger charge is 2.22. The molecule has 94 valence electrons. The predicted octanol–water partition coefficient (Wildman–Crippen LogP) is 3.44. The molecule has 0 aliphatic rings. The number of halogens is 2. The van der Waals surface area contributed by atoms with Crippen LogP contribution in [0.3, 0.4) is 0 Å². The number of hydrogen-bond donors (Lipinski definition) is 1. The number of aryl methyl sites for hydroxylation is 1. The molecule has 1 aromatic carbocycles. The van der Waals surface area contributed by atoms with Crippen molar-refractivity contribution in [3.05, 3.63) is 45.7 Å². The minimum Gasteiger partial charge on any atom is -0.478 e. The molecule has 0 unspecified atom stereocenters. The van der Waals surface area contributed by atoms with E-state index in [1.165, 1.54) is 4.68 Å². The van der Waals surface area contributed by atoms with E-state index in [1.807, 2.05) is 6.92 Å². The molecule has 2 rings (SSSR count). The van der Waals surface area contributed by atoms with Gasteiger partial charge in [0, 0.05) is 0 Å². The van der Waals surface area contributed by atoms with Crippen LogP contribution in [0.15, 0.2) is 24.3 Å². The minimum absolute atomic E-state index is 0.0269. The van der Waals surface area contributed by atoms with Crippen LogP contribution in [0, 0.1) is 0 Å². The molecule has 1 N–H and O–H groups in total. The van der Waals surface area contributed by atoms with Gasteiger partial charge in [0.2, 0.25) is 0 Å². The zero-order valence-electron chi connectivity index (χ0n) is 9.52. The standard InChI is InChI=1S/C12H10Cl2N2O2/c1-2-8-10(12(17)18)11(14)16(15-8)9-6-4-3-5-7(9)13/h3-6H,2H2,1H3,(H,17,18). The molecule has 0 saturated carbocycles. The number of carboxylic acid groups (broad SMARTS) is 1. The number of nitrogens with zero attached hydrogens (tertiary/aromatic N) is 2. The van der Waals surface area contributed by atoms with Gasteiger partial charge in [0.05, 0.1) is 16.4 Å². The highest BCUT2D eigenvalue weighted by atomic mass is 35.5. The van der Waals surface area contributed by atoms with Gasteiger partial charge in [0.15, 0.2) is 0 Å². The number of rotatable bonds is 3. The maximum absolute atomic E-state index is 11.2. The fourth-order valence-electron chi connectivity index (χ4n) is 1.68. The van der Waals surface area contributed by atoms with E-state index >= 15 is 0 Å². The second-order valence-corrected chi connectivity index (χ2v) is 4.40. The molecule has 0 bridgehead atoms. The van der Waals surface area contributed by atoms with Gasteiger partial charge in [0.25, 0.3) is 0 Å². The molecule has 1 heterocycles. The Labute approximate surface area is 114 Å². The second kappa shape index (κ2) is 5.00. The number of benzene rings is 1. The van der Waals surface area contributed by atoms with Crippen LogP contribution in [-0.4, -0.2) is 20.9 Å². The average Bonchev–Trinajstić information content (AvgIpc) is 2.67. The van der Waals surface area contributed by atoms with Crippen LogP contribution in [-0.2, 0) is 6.42 Å². The number of carbonyl (C=O) groups is 1. The van der Waals surface area contributed by atoms with Crippen LogP contribution in [0.25, 0.3) is 5.69 Å². The van der Waals surface area contributed by atoms with Crippen molar-refractivity contribution in [2.45, 2.75) is 13.3 Å². The zero-order chi connectivity index (χ0) is 13.3. The van der Waals surface area contributed by atoms with Crippen LogP contribution in [0.5, 0.6) is 0 Å². The minimum atomic E-state index is -1.09. The third-order valence-corrected chi connectivity index (χ3v) is 3.20. The van der Waals surface area contributed by atoms with E-state index in [4.69, 9.17) is 28.3 Å². The highest BCUT2D eigenvalue weighted by molar-refractivity contribution is 6.34. The summed E-state index contributed by atoms with van der Waals surface area (Å²) in [5, 5.41) is 13.9. The van der Waals surface area contributed by atoms with Crippen LogP contribution in [0.1, 0.15) is 23.0 Å². The van der Waals surface area contributed by atoms with Crippen LogP contribution in [0.4, 0.5) is 0 Å². The van der Waals surface area contributed by atoms with E-state index in [1.54, 1.807) is 24.3 Å². The van der Waals surface area contributed by atoms with Crippen molar-refractivity contribution in [2.24, 2.45) is 0 Å². The summed E-state index contributed by atoms with van der Waals surface area (Å²) in [6.45, 7) is 1.82. The first-order valence-electron chi connectivity index (χ1n) is 5.31. The Morgan fingerprint density at radius 2 is 2.06 bits per heavy atom. The third-order valence-electron chi connectivity index (χ3n) is 2.53. The first kappa shape index (κ1) is 12.9. The van der Waals surface area contributed by atoms with Gasteiger partial charge in [0.1, 0.15) is 10.7 Å². The van der Waals surface area contributed by atoms with Gasteiger partial charge in [-0.1, -0.05) is 42.3 Å². The quantitative estimate of drug-likeness (QED) is 0.939. The van der Waals surface area contributed by atoms with Gasteiger partial charge < -0.3 is 5.11 Å². The van der Waals surface area contributed by atoms with Crippen molar-refractivity contribution in [1.82, 2.24) is 9.78 Å². The van der Waals surface area contributed by atoms with Crippen molar-refractivity contribution < 1.29 is 9.90 Å². The molecular formula is C12H10Cl2N2O2. The molecule has 0 spiro atoms. The van der Waals surface area contributed by atoms with E-state index in [0.29, 0.717) is 22.8 Å². The summed E-state index contributed by atoms with van der Waals surface area (Å²) < 4.78 is 1.35. The molecule has 0 radical (unpaired) electrons. The first-order valence-corrected chi connectivity index (χ1v) is 6.07. The molecule has 6 heteroatoms. The van der Waals surface area contributed by atoms with Gasteiger partial charge in [-0.15, -0.1) is 0 Å². The van der Waals surface area contributed by atoms with E-state index in [0.717, 1.165) is 0 Å². The molecule has 2 aromatic rings. The van der Waals surface area contributed by atoms with E-state index < -0.39 is 5.97 Å². The van der Waals surface area contributed by atoms with Gasteiger partial charge in [-0.05, 0) is 18.6 Å². The van der Waals surface area contributed by atoms with E-state index in [2.05, 4.69) is 5.10 Å². The first-order chi connectivity index (χ1) is 8.56. The summed E-state index contributed by atoms with van der Waals surface area (Å²) in [5.41, 5.74) is 1.03. The van der Waals surface area contributed by atoms with Gasteiger partial charge in [-0.2, -0.15) is 5.10 Å². The van der Waals surface area contributed by atoms with Crippen molar-refractivity contribution in [1.29, 1.82) is 0 Å². The molecule has 0 aliphatic heterocycles. The highest BCUT2D eigenvalue weighted by Crippen LogP contribution is 2.27. The van der Waals surface area contributed by atoms with Crippen LogP contribution >= 0.6 is 23.2 Å². The fraction of sp³-hybridized carbons (Fsp3) is 0.167. The lowest BCUT2D eigenvalue weighted by molar-refractivity contribution is 0.0696. The van der Waals surface area contributed by atoms with Crippen molar-refractivity contribution in [3.63, 3.8) is 0 Å². The topological polar surface area (TPSA) is 55.1 Å². The summed E-state index contributed by atoms with van der Waals surface area (Å²) >= 11 is 12.1. The lowest BCUT2D eigenvalue weighted by atomic mass is 10.2. The lowest BCUT2D eigenvalue weighted by Crippen LogP contribution is -2.00. The van der Waals surface area contributed by atoms with Gasteiger partial charge >= 0.3 is 5.97 Å². The number of aromatic carboxylic acids is 1. The second-order valence-electron chi connectivity index (χ2n) is 3.63. The lowest BCUT2D eigenvalue weighted by Gasteiger charge is -2.04. The number of para-hydroxylation sites is 1. The summed E-state index contributed by atoms with van der Waals surface area (Å²) in [4.78, 5) is 11.2. The molecule has 0 aliphatic carbocycles. The summed E-state index contributed by atoms with van der Waals surface area (Å²) in [6.07, 6.45) is 0.485. The van der Waals surface area contributed by atoms with Crippen molar-refractivity contribution in [2.75, 3.05) is 0 Å². The zero-order valence-corrected chi connectivity index (χ0v) is 11.0. The molecule has 0 amide bonds. The normalized spacial score (nSPS) is 10.6. The third kappa shape index (κ3) is 2.09. The summed E-state index contributed by atoms with van der Waals surface area (Å²) in [5.74, 6) is -1.09. The predicted molar refractivity (Wildman–Crippen MR) is 69.9 cm³/mol. The molecule has 0 atom stereocenters. The van der Waals surface area contributed by atoms with E-state index in [9.17, 15) is 4.79 Å². The Hall–Kier alpha value is -1.52. The van der Waals surface area contributed by atoms with Crippen molar-refractivity contribution in [3.8, 4) is 5.69 Å². The molecule has 0 saturated heterocycles. The molecule has 18 heavy (non-hydrogen) atoms. The molecule has 4 nitrogen and oxygen atoms in total. The van der Waals surface area contributed by atoms with Crippen molar-refractivity contribution >= 4 is 29.2 Å². The largest absolute Gasteiger partial charge is 0.478 e. The number of hydrogen-bond acceptors (Lipinski definition) is 2. The fourth-order valence-corrected chi connectivity index (χ4v) is 2.22. The molecular weight excluding hydrogens is 275 g/mol. The van der Waals surface area contributed by atoms with Crippen LogP contribution < -0.4 is 0 Å². The SMILES string of the molecule is CCc1nn(-c2ccccc2Cl)c(Cl)c1C(=O)O. The Balaban J connectivity index is 2.67. The number of carboxylic acids is 1.